The lowest BCUT2D eigenvalue weighted by Gasteiger charge is -2.12. The molecule has 144 valence electrons. The number of aromatic nitrogens is 4. The first-order valence-electron chi connectivity index (χ1n) is 8.64. The Morgan fingerprint density at radius 1 is 1.22 bits per heavy atom. The summed E-state index contributed by atoms with van der Waals surface area (Å²) in [5, 5.41) is 17.2. The van der Waals surface area contributed by atoms with Crippen molar-refractivity contribution in [1.29, 1.82) is 0 Å². The van der Waals surface area contributed by atoms with Gasteiger partial charge in [0.2, 0.25) is 5.95 Å². The van der Waals surface area contributed by atoms with Crippen LogP contribution in [0.3, 0.4) is 0 Å². The van der Waals surface area contributed by atoms with E-state index in [1.165, 1.54) is 0 Å². The second kappa shape index (κ2) is 8.09. The van der Waals surface area contributed by atoms with Crippen LogP contribution in [0.2, 0.25) is 0 Å². The lowest BCUT2D eigenvalue weighted by molar-refractivity contribution is 0.188. The van der Waals surface area contributed by atoms with E-state index < -0.39 is 6.10 Å². The Bertz CT molecular complexity index is 903. The fraction of sp³-hybridized carbons (Fsp3) is 0.389. The van der Waals surface area contributed by atoms with Gasteiger partial charge in [0.05, 0.1) is 38.6 Å². The van der Waals surface area contributed by atoms with Crippen molar-refractivity contribution in [2.75, 3.05) is 31.8 Å². The molecule has 3 rings (SSSR count). The molecule has 0 aliphatic carbocycles. The van der Waals surface area contributed by atoms with Crippen molar-refractivity contribution in [1.82, 2.24) is 19.7 Å². The Balaban J connectivity index is 1.93. The first kappa shape index (κ1) is 18.7. The number of methoxy groups -OCH3 is 2. The van der Waals surface area contributed by atoms with E-state index in [0.717, 1.165) is 17.1 Å². The summed E-state index contributed by atoms with van der Waals surface area (Å²) < 4.78 is 12.6. The molecule has 2 aromatic heterocycles. The molecule has 0 amide bonds. The third-order valence-electron chi connectivity index (χ3n) is 4.13. The molecule has 0 saturated heterocycles. The van der Waals surface area contributed by atoms with Gasteiger partial charge < -0.3 is 25.6 Å². The number of aliphatic hydroxyl groups is 1. The highest BCUT2D eigenvalue weighted by Crippen LogP contribution is 2.29. The number of fused-ring (bicyclic) bond motifs is 1. The van der Waals surface area contributed by atoms with E-state index in [2.05, 4.69) is 20.4 Å². The van der Waals surface area contributed by atoms with E-state index in [4.69, 9.17) is 15.2 Å². The molecule has 1 aromatic carbocycles. The van der Waals surface area contributed by atoms with Crippen molar-refractivity contribution in [3.63, 3.8) is 0 Å². The standard InChI is InChI=1S/C18H24N6O3/c1-11(25)7-8-20-17-16-13(21-18(19)22-17)10-24(23-16)9-12-14(26-2)5-4-6-15(12)27-3/h4-6,10-11,25H,7-9H2,1-3H3,(H3,19,20,21,22)/t11-/m0/s1. The van der Waals surface area contributed by atoms with Crippen molar-refractivity contribution in [3.8, 4) is 11.5 Å². The summed E-state index contributed by atoms with van der Waals surface area (Å²) in [4.78, 5) is 8.49. The van der Waals surface area contributed by atoms with Gasteiger partial charge >= 0.3 is 0 Å². The molecule has 3 aromatic rings. The average Bonchev–Trinajstić information content (AvgIpc) is 3.03. The predicted molar refractivity (Wildman–Crippen MR) is 103 cm³/mol. The Labute approximate surface area is 157 Å². The molecule has 0 aliphatic heterocycles. The molecule has 0 bridgehead atoms. The number of nitrogens with two attached hydrogens (primary N) is 1. The molecule has 9 heteroatoms. The van der Waals surface area contributed by atoms with Crippen LogP contribution in [-0.2, 0) is 6.54 Å². The van der Waals surface area contributed by atoms with Crippen molar-refractivity contribution in [3.05, 3.63) is 30.0 Å². The SMILES string of the molecule is COc1cccc(OC)c1Cn1cc2nc(N)nc(NCC[C@H](C)O)c2n1. The summed E-state index contributed by atoms with van der Waals surface area (Å²) in [6.45, 7) is 2.73. The summed E-state index contributed by atoms with van der Waals surface area (Å²) >= 11 is 0. The predicted octanol–water partition coefficient (Wildman–Crippen LogP) is 1.66. The van der Waals surface area contributed by atoms with E-state index in [-0.39, 0.29) is 5.95 Å². The van der Waals surface area contributed by atoms with Crippen LogP contribution in [0.5, 0.6) is 11.5 Å². The Kier molecular flexibility index (Phi) is 5.60. The van der Waals surface area contributed by atoms with Crippen LogP contribution in [-0.4, -0.2) is 51.7 Å². The quantitative estimate of drug-likeness (QED) is 0.546. The lowest BCUT2D eigenvalue weighted by Crippen LogP contribution is -2.12. The number of anilines is 2. The zero-order valence-corrected chi connectivity index (χ0v) is 15.6. The van der Waals surface area contributed by atoms with Crippen LogP contribution >= 0.6 is 0 Å². The summed E-state index contributed by atoms with van der Waals surface area (Å²) in [5.41, 5.74) is 7.95. The van der Waals surface area contributed by atoms with Gasteiger partial charge in [-0.1, -0.05) is 6.07 Å². The van der Waals surface area contributed by atoms with Crippen LogP contribution in [0.25, 0.3) is 11.0 Å². The molecule has 0 unspecified atom stereocenters. The fourth-order valence-electron chi connectivity index (χ4n) is 2.83. The molecule has 0 saturated carbocycles. The molecule has 0 radical (unpaired) electrons. The molecule has 27 heavy (non-hydrogen) atoms. The third kappa shape index (κ3) is 4.20. The number of nitrogen functional groups attached to an aromatic ring is 1. The van der Waals surface area contributed by atoms with Crippen LogP contribution in [0.4, 0.5) is 11.8 Å². The Hall–Kier alpha value is -3.07. The second-order valence-corrected chi connectivity index (χ2v) is 6.20. The summed E-state index contributed by atoms with van der Waals surface area (Å²) in [7, 11) is 3.24. The van der Waals surface area contributed by atoms with E-state index in [1.54, 1.807) is 32.0 Å². The molecular weight excluding hydrogens is 348 g/mol. The Morgan fingerprint density at radius 2 is 1.93 bits per heavy atom. The number of nitrogens with zero attached hydrogens (tertiary/aromatic N) is 4. The van der Waals surface area contributed by atoms with Gasteiger partial charge in [0.25, 0.3) is 0 Å². The largest absolute Gasteiger partial charge is 0.496 e. The zero-order valence-electron chi connectivity index (χ0n) is 15.6. The van der Waals surface area contributed by atoms with Crippen LogP contribution in [0, 0.1) is 0 Å². The van der Waals surface area contributed by atoms with Crippen molar-refractivity contribution in [2.24, 2.45) is 0 Å². The van der Waals surface area contributed by atoms with Gasteiger partial charge in [-0.3, -0.25) is 4.68 Å². The van der Waals surface area contributed by atoms with Gasteiger partial charge in [0, 0.05) is 6.54 Å². The minimum Gasteiger partial charge on any atom is -0.496 e. The lowest BCUT2D eigenvalue weighted by atomic mass is 10.1. The number of aliphatic hydroxyl groups excluding tert-OH is 1. The van der Waals surface area contributed by atoms with E-state index >= 15 is 0 Å². The van der Waals surface area contributed by atoms with Gasteiger partial charge in [0.1, 0.15) is 17.0 Å². The maximum Gasteiger partial charge on any atom is 0.222 e. The highest BCUT2D eigenvalue weighted by molar-refractivity contribution is 5.85. The molecule has 1 atom stereocenters. The Morgan fingerprint density at radius 3 is 2.56 bits per heavy atom. The molecule has 9 nitrogen and oxygen atoms in total. The minimum atomic E-state index is -0.400. The molecule has 2 heterocycles. The first-order valence-corrected chi connectivity index (χ1v) is 8.64. The first-order chi connectivity index (χ1) is 13.0. The molecule has 4 N–H and O–H groups in total. The van der Waals surface area contributed by atoms with Crippen molar-refractivity contribution in [2.45, 2.75) is 26.0 Å². The number of ether oxygens (including phenoxy) is 2. The second-order valence-electron chi connectivity index (χ2n) is 6.20. The van der Waals surface area contributed by atoms with Crippen LogP contribution in [0.1, 0.15) is 18.9 Å². The average molecular weight is 372 g/mol. The smallest absolute Gasteiger partial charge is 0.222 e. The highest BCUT2D eigenvalue weighted by atomic mass is 16.5. The fourth-order valence-corrected chi connectivity index (χ4v) is 2.83. The van der Waals surface area contributed by atoms with Gasteiger partial charge in [0.15, 0.2) is 11.3 Å². The van der Waals surface area contributed by atoms with E-state index in [1.807, 2.05) is 18.2 Å². The maximum atomic E-state index is 9.42. The van der Waals surface area contributed by atoms with Gasteiger partial charge in [-0.05, 0) is 25.5 Å². The topological polar surface area (TPSA) is 120 Å². The molecular formula is C18H24N6O3. The van der Waals surface area contributed by atoms with E-state index in [0.29, 0.717) is 36.4 Å². The molecule has 0 spiro atoms. The number of hydrogen-bond donors (Lipinski definition) is 3. The molecule has 0 fully saturated rings. The van der Waals surface area contributed by atoms with Gasteiger partial charge in [-0.25, -0.2) is 4.98 Å². The summed E-state index contributed by atoms with van der Waals surface area (Å²) in [6.07, 6.45) is 1.99. The van der Waals surface area contributed by atoms with Crippen molar-refractivity contribution < 1.29 is 14.6 Å². The maximum absolute atomic E-state index is 9.42. The third-order valence-corrected chi connectivity index (χ3v) is 4.13. The van der Waals surface area contributed by atoms with E-state index in [9.17, 15) is 5.11 Å². The van der Waals surface area contributed by atoms with Crippen LogP contribution < -0.4 is 20.5 Å². The number of rotatable bonds is 8. The zero-order chi connectivity index (χ0) is 19.4. The van der Waals surface area contributed by atoms with Gasteiger partial charge in [-0.2, -0.15) is 10.1 Å². The van der Waals surface area contributed by atoms with Crippen molar-refractivity contribution >= 4 is 22.8 Å². The minimum absolute atomic E-state index is 0.163. The summed E-state index contributed by atoms with van der Waals surface area (Å²) in [5.74, 6) is 2.14. The molecule has 0 aliphatic rings. The summed E-state index contributed by atoms with van der Waals surface area (Å²) in [6, 6.07) is 5.63. The van der Waals surface area contributed by atoms with Gasteiger partial charge in [-0.15, -0.1) is 0 Å². The number of benzene rings is 1. The highest BCUT2D eigenvalue weighted by Gasteiger charge is 2.15. The van der Waals surface area contributed by atoms with Crippen LogP contribution in [0.15, 0.2) is 24.4 Å². The number of nitrogens with one attached hydrogen (secondary N) is 1. The normalized spacial score (nSPS) is 12.1. The monoisotopic (exact) mass is 372 g/mol. The number of hydrogen-bond acceptors (Lipinski definition) is 8.